The van der Waals surface area contributed by atoms with Crippen molar-refractivity contribution in [2.24, 2.45) is 0 Å². The number of methoxy groups -OCH3 is 2. The summed E-state index contributed by atoms with van der Waals surface area (Å²) in [5, 5.41) is 9.69. The van der Waals surface area contributed by atoms with E-state index in [1.165, 1.54) is 21.9 Å². The fourth-order valence-corrected chi connectivity index (χ4v) is 3.34. The van der Waals surface area contributed by atoms with E-state index >= 15 is 0 Å². The Labute approximate surface area is 161 Å². The van der Waals surface area contributed by atoms with Crippen molar-refractivity contribution < 1.29 is 9.47 Å². The second kappa shape index (κ2) is 9.40. The first-order valence-corrected chi connectivity index (χ1v) is 9.35. The molecule has 0 aromatic heterocycles. The number of hydrogen-bond donors (Lipinski definition) is 2. The third-order valence-electron chi connectivity index (χ3n) is 4.82. The van der Waals surface area contributed by atoms with Crippen LogP contribution in [-0.2, 0) is 6.54 Å². The highest BCUT2D eigenvalue weighted by Crippen LogP contribution is 2.27. The largest absolute Gasteiger partial charge is 0.493 e. The van der Waals surface area contributed by atoms with Gasteiger partial charge >= 0.3 is 0 Å². The summed E-state index contributed by atoms with van der Waals surface area (Å²) in [6, 6.07) is 21.4. The molecule has 4 heteroatoms. The van der Waals surface area contributed by atoms with E-state index in [2.05, 4.69) is 66.1 Å². The zero-order valence-corrected chi connectivity index (χ0v) is 16.3. The van der Waals surface area contributed by atoms with Crippen molar-refractivity contribution in [2.45, 2.75) is 19.5 Å². The maximum atomic E-state index is 5.35. The maximum absolute atomic E-state index is 5.35. The summed E-state index contributed by atoms with van der Waals surface area (Å²) < 4.78 is 10.6. The molecule has 27 heavy (non-hydrogen) atoms. The molecule has 0 bridgehead atoms. The van der Waals surface area contributed by atoms with Gasteiger partial charge in [-0.25, -0.2) is 0 Å². The average molecular weight is 364 g/mol. The third kappa shape index (κ3) is 4.79. The monoisotopic (exact) mass is 364 g/mol. The molecule has 0 saturated carbocycles. The Bertz CT molecular complexity index is 874. The minimum absolute atomic E-state index is 0.305. The number of benzene rings is 3. The van der Waals surface area contributed by atoms with E-state index in [9.17, 15) is 0 Å². The highest BCUT2D eigenvalue weighted by molar-refractivity contribution is 5.86. The van der Waals surface area contributed by atoms with Crippen LogP contribution in [0, 0.1) is 0 Å². The number of rotatable bonds is 9. The van der Waals surface area contributed by atoms with Gasteiger partial charge in [-0.2, -0.15) is 0 Å². The van der Waals surface area contributed by atoms with E-state index in [-0.39, 0.29) is 0 Å². The summed E-state index contributed by atoms with van der Waals surface area (Å²) in [6.07, 6.45) is 0. The summed E-state index contributed by atoms with van der Waals surface area (Å²) in [5.41, 5.74) is 2.52. The smallest absolute Gasteiger partial charge is 0.161 e. The molecule has 0 aliphatic heterocycles. The third-order valence-corrected chi connectivity index (χ3v) is 4.82. The van der Waals surface area contributed by atoms with Gasteiger partial charge in [-0.3, -0.25) is 0 Å². The Morgan fingerprint density at radius 3 is 2.44 bits per heavy atom. The zero-order valence-electron chi connectivity index (χ0n) is 16.3. The van der Waals surface area contributed by atoms with Crippen molar-refractivity contribution in [3.8, 4) is 11.5 Å². The molecular weight excluding hydrogens is 336 g/mol. The van der Waals surface area contributed by atoms with E-state index in [1.807, 2.05) is 12.1 Å². The van der Waals surface area contributed by atoms with Gasteiger partial charge in [0.25, 0.3) is 0 Å². The standard InChI is InChI=1S/C23H28N2O2/c1-17(20-10-6-8-19-7-4-5-9-21(19)20)25-14-13-24-16-18-11-12-22(26-2)23(15-18)27-3/h4-12,15,17,24-25H,13-14,16H2,1-3H3. The number of fused-ring (bicyclic) bond motifs is 1. The molecule has 1 unspecified atom stereocenters. The summed E-state index contributed by atoms with van der Waals surface area (Å²) in [7, 11) is 3.31. The molecule has 142 valence electrons. The predicted molar refractivity (Wildman–Crippen MR) is 112 cm³/mol. The van der Waals surface area contributed by atoms with Gasteiger partial charge in [-0.05, 0) is 41.0 Å². The molecule has 3 aromatic carbocycles. The Hall–Kier alpha value is -2.56. The molecule has 3 rings (SSSR count). The fourth-order valence-electron chi connectivity index (χ4n) is 3.34. The fraction of sp³-hybridized carbons (Fsp3) is 0.304. The molecule has 0 fully saturated rings. The first-order chi connectivity index (χ1) is 13.2. The number of nitrogens with one attached hydrogen (secondary N) is 2. The van der Waals surface area contributed by atoms with Gasteiger partial charge in [0.2, 0.25) is 0 Å². The van der Waals surface area contributed by atoms with Gasteiger partial charge in [0.15, 0.2) is 11.5 Å². The molecule has 1 atom stereocenters. The van der Waals surface area contributed by atoms with Crippen LogP contribution in [0.2, 0.25) is 0 Å². The van der Waals surface area contributed by atoms with Crippen LogP contribution in [0.5, 0.6) is 11.5 Å². The lowest BCUT2D eigenvalue weighted by atomic mass is 10.00. The lowest BCUT2D eigenvalue weighted by Crippen LogP contribution is -2.29. The van der Waals surface area contributed by atoms with E-state index < -0.39 is 0 Å². The van der Waals surface area contributed by atoms with Crippen molar-refractivity contribution >= 4 is 10.8 Å². The molecule has 0 amide bonds. The lowest BCUT2D eigenvalue weighted by molar-refractivity contribution is 0.354. The molecule has 0 aliphatic rings. The van der Waals surface area contributed by atoms with Crippen LogP contribution in [0.15, 0.2) is 60.7 Å². The SMILES string of the molecule is COc1ccc(CNCCNC(C)c2cccc3ccccc23)cc1OC. The van der Waals surface area contributed by atoms with Gasteiger partial charge in [0, 0.05) is 25.7 Å². The molecule has 2 N–H and O–H groups in total. The lowest BCUT2D eigenvalue weighted by Gasteiger charge is -2.17. The van der Waals surface area contributed by atoms with Gasteiger partial charge in [0.1, 0.15) is 0 Å². The molecule has 0 radical (unpaired) electrons. The molecule has 4 nitrogen and oxygen atoms in total. The molecule has 0 heterocycles. The predicted octanol–water partition coefficient (Wildman–Crippen LogP) is 4.30. The molecular formula is C23H28N2O2. The zero-order chi connectivity index (χ0) is 19.1. The molecule has 0 saturated heterocycles. The maximum Gasteiger partial charge on any atom is 0.161 e. The van der Waals surface area contributed by atoms with Crippen LogP contribution in [0.1, 0.15) is 24.1 Å². The average Bonchev–Trinajstić information content (AvgIpc) is 2.72. The quantitative estimate of drug-likeness (QED) is 0.556. The molecule has 3 aromatic rings. The van der Waals surface area contributed by atoms with Gasteiger partial charge < -0.3 is 20.1 Å². The van der Waals surface area contributed by atoms with Crippen LogP contribution >= 0.6 is 0 Å². The first kappa shape index (κ1) is 19.2. The van der Waals surface area contributed by atoms with Crippen LogP contribution in [-0.4, -0.2) is 27.3 Å². The van der Waals surface area contributed by atoms with Gasteiger partial charge in [-0.15, -0.1) is 0 Å². The minimum atomic E-state index is 0.305. The second-order valence-electron chi connectivity index (χ2n) is 6.61. The number of hydrogen-bond acceptors (Lipinski definition) is 4. The summed E-state index contributed by atoms with van der Waals surface area (Å²) >= 11 is 0. The molecule has 0 aliphatic carbocycles. The minimum Gasteiger partial charge on any atom is -0.493 e. The van der Waals surface area contributed by atoms with Crippen molar-refractivity contribution in [1.29, 1.82) is 0 Å². The summed E-state index contributed by atoms with van der Waals surface area (Å²) in [4.78, 5) is 0. The Morgan fingerprint density at radius 1 is 0.852 bits per heavy atom. The second-order valence-corrected chi connectivity index (χ2v) is 6.61. The summed E-state index contributed by atoms with van der Waals surface area (Å²) in [5.74, 6) is 1.52. The number of ether oxygens (including phenoxy) is 2. The topological polar surface area (TPSA) is 42.5 Å². The van der Waals surface area contributed by atoms with E-state index in [0.717, 1.165) is 31.1 Å². The van der Waals surface area contributed by atoms with Crippen LogP contribution in [0.25, 0.3) is 10.8 Å². The van der Waals surface area contributed by atoms with Crippen molar-refractivity contribution in [3.63, 3.8) is 0 Å². The van der Waals surface area contributed by atoms with Gasteiger partial charge in [0.05, 0.1) is 14.2 Å². The Balaban J connectivity index is 1.49. The normalized spacial score (nSPS) is 12.1. The van der Waals surface area contributed by atoms with E-state index in [0.29, 0.717) is 6.04 Å². The van der Waals surface area contributed by atoms with Crippen molar-refractivity contribution in [1.82, 2.24) is 10.6 Å². The van der Waals surface area contributed by atoms with E-state index in [4.69, 9.17) is 9.47 Å². The summed E-state index contributed by atoms with van der Waals surface area (Å²) in [6.45, 7) is 4.81. The van der Waals surface area contributed by atoms with E-state index in [1.54, 1.807) is 14.2 Å². The van der Waals surface area contributed by atoms with Crippen molar-refractivity contribution in [2.75, 3.05) is 27.3 Å². The van der Waals surface area contributed by atoms with Crippen LogP contribution in [0.4, 0.5) is 0 Å². The van der Waals surface area contributed by atoms with Crippen molar-refractivity contribution in [3.05, 3.63) is 71.8 Å². The van der Waals surface area contributed by atoms with Crippen LogP contribution in [0.3, 0.4) is 0 Å². The first-order valence-electron chi connectivity index (χ1n) is 9.35. The Morgan fingerprint density at radius 2 is 1.63 bits per heavy atom. The highest BCUT2D eigenvalue weighted by Gasteiger charge is 2.08. The van der Waals surface area contributed by atoms with Gasteiger partial charge in [-0.1, -0.05) is 48.5 Å². The highest BCUT2D eigenvalue weighted by atomic mass is 16.5. The Kier molecular flexibility index (Phi) is 6.69. The van der Waals surface area contributed by atoms with Crippen LogP contribution < -0.4 is 20.1 Å². The molecule has 0 spiro atoms.